The van der Waals surface area contributed by atoms with E-state index in [0.29, 0.717) is 11.6 Å². The quantitative estimate of drug-likeness (QED) is 0.841. The van der Waals surface area contributed by atoms with Gasteiger partial charge in [-0.05, 0) is 45.4 Å². The lowest BCUT2D eigenvalue weighted by atomic mass is 10.1. The van der Waals surface area contributed by atoms with E-state index in [1.807, 2.05) is 0 Å². The van der Waals surface area contributed by atoms with Crippen molar-refractivity contribution in [3.63, 3.8) is 0 Å². The van der Waals surface area contributed by atoms with Gasteiger partial charge in [-0.3, -0.25) is 0 Å². The summed E-state index contributed by atoms with van der Waals surface area (Å²) in [6, 6.07) is 2.18. The van der Waals surface area contributed by atoms with E-state index in [0.717, 1.165) is 6.07 Å². The van der Waals surface area contributed by atoms with Crippen LogP contribution in [0.3, 0.4) is 0 Å². The van der Waals surface area contributed by atoms with Gasteiger partial charge in [0.15, 0.2) is 0 Å². The molecule has 0 aliphatic carbocycles. The molecule has 0 fully saturated rings. The van der Waals surface area contributed by atoms with Crippen LogP contribution in [0, 0.1) is 5.82 Å². The van der Waals surface area contributed by atoms with Gasteiger partial charge in [0.25, 0.3) is 0 Å². The highest BCUT2D eigenvalue weighted by atomic mass is 32.2. The van der Waals surface area contributed by atoms with Gasteiger partial charge < -0.3 is 0 Å². The van der Waals surface area contributed by atoms with Crippen LogP contribution in [-0.4, -0.2) is 8.96 Å². The summed E-state index contributed by atoms with van der Waals surface area (Å²) in [7, 11) is -1.39. The molecule has 2 atom stereocenters. The van der Waals surface area contributed by atoms with Gasteiger partial charge in [0, 0.05) is 6.04 Å². The molecule has 1 unspecified atom stereocenters. The van der Waals surface area contributed by atoms with Crippen molar-refractivity contribution in [3.8, 4) is 0 Å². The van der Waals surface area contributed by atoms with Crippen molar-refractivity contribution >= 4 is 11.0 Å². The summed E-state index contributed by atoms with van der Waals surface area (Å²) >= 11 is 0. The molecule has 0 amide bonds. The normalized spacial score (nSPS) is 16.0. The number of nitrogens with one attached hydrogen (secondary N) is 1. The number of alkyl halides is 3. The molecule has 0 aliphatic heterocycles. The van der Waals surface area contributed by atoms with Gasteiger partial charge >= 0.3 is 6.18 Å². The van der Waals surface area contributed by atoms with Gasteiger partial charge in [-0.2, -0.15) is 13.2 Å². The van der Waals surface area contributed by atoms with E-state index in [4.69, 9.17) is 0 Å². The molecule has 0 spiro atoms. The zero-order chi connectivity index (χ0) is 15.7. The molecule has 0 aliphatic rings. The summed E-state index contributed by atoms with van der Waals surface area (Å²) in [5.74, 6) is -1.33. The maximum atomic E-state index is 13.5. The van der Waals surface area contributed by atoms with Crippen LogP contribution in [-0.2, 0) is 17.2 Å². The van der Waals surface area contributed by atoms with E-state index < -0.39 is 39.3 Å². The summed E-state index contributed by atoms with van der Waals surface area (Å²) in [4.78, 5) is 0. The minimum atomic E-state index is -4.71. The monoisotopic (exact) mass is 311 g/mol. The average molecular weight is 311 g/mol. The van der Waals surface area contributed by atoms with E-state index in [-0.39, 0.29) is 0 Å². The Morgan fingerprint density at radius 3 is 2.15 bits per heavy atom. The van der Waals surface area contributed by atoms with Crippen LogP contribution in [0.1, 0.15) is 44.9 Å². The van der Waals surface area contributed by atoms with Crippen LogP contribution in [0.4, 0.5) is 17.6 Å². The van der Waals surface area contributed by atoms with Crippen molar-refractivity contribution in [3.05, 3.63) is 35.1 Å². The van der Waals surface area contributed by atoms with Crippen molar-refractivity contribution in [1.82, 2.24) is 4.72 Å². The highest BCUT2D eigenvalue weighted by Crippen LogP contribution is 2.32. The lowest BCUT2D eigenvalue weighted by Gasteiger charge is -2.22. The molecule has 1 N–H and O–H groups in total. The number of halogens is 4. The molecular formula is C13H17F4NOS. The van der Waals surface area contributed by atoms with Gasteiger partial charge in [-0.15, -0.1) is 0 Å². The SMILES string of the molecule is C[C@H](NS(=O)C(C)(C)C)c1ccc(C(F)(F)F)c(F)c1. The van der Waals surface area contributed by atoms with Crippen LogP contribution < -0.4 is 4.72 Å². The summed E-state index contributed by atoms with van der Waals surface area (Å²) < 4.78 is 64.9. The predicted octanol–water partition coefficient (Wildman–Crippen LogP) is 3.96. The molecular weight excluding hydrogens is 294 g/mol. The average Bonchev–Trinajstić information content (AvgIpc) is 2.25. The molecule has 7 heteroatoms. The number of hydrogen-bond donors (Lipinski definition) is 1. The van der Waals surface area contributed by atoms with Crippen molar-refractivity contribution in [2.45, 2.75) is 44.7 Å². The third-order valence-corrected chi connectivity index (χ3v) is 4.32. The van der Waals surface area contributed by atoms with Crippen molar-refractivity contribution in [2.75, 3.05) is 0 Å². The first-order valence-corrected chi connectivity index (χ1v) is 7.12. The standard InChI is InChI=1S/C13H17F4NOS/c1-8(18-20(19)12(2,3)4)9-5-6-10(11(14)7-9)13(15,16)17/h5-8,18H,1-4H3/t8-,20?/m0/s1. The third kappa shape index (κ3) is 4.28. The minimum absolute atomic E-state index is 0.313. The van der Waals surface area contributed by atoms with Crippen LogP contribution in [0.2, 0.25) is 0 Å². The molecule has 0 aromatic heterocycles. The zero-order valence-corrected chi connectivity index (χ0v) is 12.5. The topological polar surface area (TPSA) is 29.1 Å². The maximum Gasteiger partial charge on any atom is 0.419 e. The van der Waals surface area contributed by atoms with Crippen LogP contribution in [0.15, 0.2) is 18.2 Å². The Bertz CT molecular complexity index is 508. The first-order valence-electron chi connectivity index (χ1n) is 5.97. The summed E-state index contributed by atoms with van der Waals surface area (Å²) in [6.07, 6.45) is -4.71. The Kier molecular flexibility index (Phi) is 4.97. The molecule has 0 radical (unpaired) electrons. The molecule has 1 rings (SSSR count). The van der Waals surface area contributed by atoms with Crippen LogP contribution in [0.25, 0.3) is 0 Å². The highest BCUT2D eigenvalue weighted by molar-refractivity contribution is 7.84. The number of hydrogen-bond acceptors (Lipinski definition) is 1. The van der Waals surface area contributed by atoms with E-state index in [9.17, 15) is 21.8 Å². The van der Waals surface area contributed by atoms with Gasteiger partial charge in [-0.25, -0.2) is 13.3 Å². The van der Waals surface area contributed by atoms with Gasteiger partial charge in [0.05, 0.1) is 21.3 Å². The van der Waals surface area contributed by atoms with Crippen molar-refractivity contribution in [1.29, 1.82) is 0 Å². The molecule has 1 aromatic rings. The molecule has 0 heterocycles. The predicted molar refractivity (Wildman–Crippen MR) is 70.8 cm³/mol. The molecule has 0 saturated heterocycles. The molecule has 114 valence electrons. The molecule has 20 heavy (non-hydrogen) atoms. The summed E-state index contributed by atoms with van der Waals surface area (Å²) in [5, 5.41) is 0. The zero-order valence-electron chi connectivity index (χ0n) is 11.6. The molecule has 0 bridgehead atoms. The fraction of sp³-hybridized carbons (Fsp3) is 0.538. The Morgan fingerprint density at radius 2 is 1.75 bits per heavy atom. The summed E-state index contributed by atoms with van der Waals surface area (Å²) in [5.41, 5.74) is -0.988. The van der Waals surface area contributed by atoms with Gasteiger partial charge in [0.2, 0.25) is 0 Å². The Morgan fingerprint density at radius 1 is 1.20 bits per heavy atom. The molecule has 0 saturated carbocycles. The lowest BCUT2D eigenvalue weighted by molar-refractivity contribution is -0.140. The molecule has 1 aromatic carbocycles. The van der Waals surface area contributed by atoms with E-state index in [2.05, 4.69) is 4.72 Å². The molecule has 2 nitrogen and oxygen atoms in total. The summed E-state index contributed by atoms with van der Waals surface area (Å²) in [6.45, 7) is 6.90. The lowest BCUT2D eigenvalue weighted by Crippen LogP contribution is -2.34. The van der Waals surface area contributed by atoms with Crippen LogP contribution in [0.5, 0.6) is 0 Å². The maximum absolute atomic E-state index is 13.5. The second-order valence-electron chi connectivity index (χ2n) is 5.46. The smallest absolute Gasteiger partial charge is 0.242 e. The Labute approximate surface area is 118 Å². The Balaban J connectivity index is 2.94. The highest BCUT2D eigenvalue weighted by Gasteiger charge is 2.34. The Hall–Kier alpha value is -0.950. The fourth-order valence-electron chi connectivity index (χ4n) is 1.44. The van der Waals surface area contributed by atoms with Crippen LogP contribution >= 0.6 is 0 Å². The first-order chi connectivity index (χ1) is 8.93. The van der Waals surface area contributed by atoms with E-state index >= 15 is 0 Å². The van der Waals surface area contributed by atoms with E-state index in [1.54, 1.807) is 27.7 Å². The second-order valence-corrected chi connectivity index (χ2v) is 7.46. The van der Waals surface area contributed by atoms with E-state index in [1.165, 1.54) is 6.07 Å². The van der Waals surface area contributed by atoms with Crippen molar-refractivity contribution in [2.24, 2.45) is 0 Å². The third-order valence-electron chi connectivity index (χ3n) is 2.64. The largest absolute Gasteiger partial charge is 0.419 e. The number of benzene rings is 1. The second kappa shape index (κ2) is 5.81. The van der Waals surface area contributed by atoms with Crippen molar-refractivity contribution < 1.29 is 21.8 Å². The van der Waals surface area contributed by atoms with Gasteiger partial charge in [0.1, 0.15) is 5.82 Å². The fourth-order valence-corrected chi connectivity index (χ4v) is 2.25. The van der Waals surface area contributed by atoms with Gasteiger partial charge in [-0.1, -0.05) is 6.07 Å². The number of rotatable bonds is 3. The minimum Gasteiger partial charge on any atom is -0.242 e. The first kappa shape index (κ1) is 17.1.